The first kappa shape index (κ1) is 19.6. The lowest BCUT2D eigenvalue weighted by Crippen LogP contribution is -2.24. The molecule has 0 atom stereocenters. The van der Waals surface area contributed by atoms with Crippen molar-refractivity contribution in [2.45, 2.75) is 20.0 Å². The molecule has 0 bridgehead atoms. The number of carbonyl (C=O) groups excluding carboxylic acids is 1. The molecule has 0 aliphatic heterocycles. The molecule has 3 heterocycles. The number of rotatable bonds is 6. The van der Waals surface area contributed by atoms with Gasteiger partial charge in [0.05, 0.1) is 6.54 Å². The topological polar surface area (TPSA) is 90.0 Å². The van der Waals surface area contributed by atoms with E-state index >= 15 is 0 Å². The number of hydrogen-bond acceptors (Lipinski definition) is 5. The second-order valence-electron chi connectivity index (χ2n) is 7.47. The largest absolute Gasteiger partial charge is 0.345 e. The van der Waals surface area contributed by atoms with Crippen molar-refractivity contribution in [1.29, 1.82) is 0 Å². The van der Waals surface area contributed by atoms with Crippen LogP contribution in [0.2, 0.25) is 0 Å². The van der Waals surface area contributed by atoms with Crippen molar-refractivity contribution < 1.29 is 4.79 Å². The minimum Gasteiger partial charge on any atom is -0.345 e. The van der Waals surface area contributed by atoms with E-state index in [4.69, 9.17) is 0 Å². The summed E-state index contributed by atoms with van der Waals surface area (Å²) in [4.78, 5) is 21.0. The number of nitrogens with zero attached hydrogens (tertiary/aromatic N) is 6. The average molecular weight is 423 g/mol. The van der Waals surface area contributed by atoms with E-state index < -0.39 is 0 Å². The molecule has 1 N–H and O–H groups in total. The predicted octanol–water partition coefficient (Wildman–Crippen LogP) is 3.27. The van der Waals surface area contributed by atoms with Crippen LogP contribution in [0.25, 0.3) is 16.9 Å². The Morgan fingerprint density at radius 1 is 1.00 bits per heavy atom. The quantitative estimate of drug-likeness (QED) is 0.453. The zero-order valence-corrected chi connectivity index (χ0v) is 17.5. The van der Waals surface area contributed by atoms with Crippen molar-refractivity contribution in [3.05, 3.63) is 102 Å². The summed E-state index contributed by atoms with van der Waals surface area (Å²) >= 11 is 0. The summed E-state index contributed by atoms with van der Waals surface area (Å²) in [5, 5.41) is 11.5. The molecular weight excluding hydrogens is 402 g/mol. The third-order valence-corrected chi connectivity index (χ3v) is 5.26. The van der Waals surface area contributed by atoms with Gasteiger partial charge < -0.3 is 5.32 Å². The monoisotopic (exact) mass is 423 g/mol. The van der Waals surface area contributed by atoms with Gasteiger partial charge in [-0.05, 0) is 41.3 Å². The molecule has 2 aromatic carbocycles. The van der Waals surface area contributed by atoms with Crippen LogP contribution in [0.15, 0.2) is 79.3 Å². The van der Waals surface area contributed by atoms with Gasteiger partial charge in [-0.1, -0.05) is 48.5 Å². The molecule has 5 aromatic rings. The molecule has 0 aliphatic carbocycles. The van der Waals surface area contributed by atoms with Gasteiger partial charge in [-0.2, -0.15) is 10.1 Å². The summed E-state index contributed by atoms with van der Waals surface area (Å²) in [5.74, 6) is 0.178. The Bertz CT molecular complexity index is 1370. The summed E-state index contributed by atoms with van der Waals surface area (Å²) in [7, 11) is 0. The molecule has 5 rings (SSSR count). The van der Waals surface area contributed by atoms with Gasteiger partial charge in [-0.25, -0.2) is 9.50 Å². The number of hydrogen-bond donors (Lipinski definition) is 1. The molecule has 0 unspecified atom stereocenters. The van der Waals surface area contributed by atoms with Crippen molar-refractivity contribution in [2.75, 3.05) is 0 Å². The number of carbonyl (C=O) groups is 1. The van der Waals surface area contributed by atoms with Crippen LogP contribution in [0.1, 0.15) is 27.4 Å². The van der Waals surface area contributed by atoms with Crippen LogP contribution in [0.5, 0.6) is 0 Å². The van der Waals surface area contributed by atoms with Crippen LogP contribution in [0, 0.1) is 6.92 Å². The number of aryl methyl sites for hydroxylation is 1. The van der Waals surface area contributed by atoms with Crippen LogP contribution in [0.4, 0.5) is 0 Å². The fourth-order valence-electron chi connectivity index (χ4n) is 3.58. The lowest BCUT2D eigenvalue weighted by Gasteiger charge is -2.11. The predicted molar refractivity (Wildman–Crippen MR) is 120 cm³/mol. The fraction of sp³-hybridized carbons (Fsp3) is 0.125. The Balaban J connectivity index is 1.32. The number of nitrogens with one attached hydrogen (secondary N) is 1. The molecule has 8 nitrogen and oxygen atoms in total. The molecule has 8 heteroatoms. The molecule has 0 saturated heterocycles. The van der Waals surface area contributed by atoms with E-state index in [9.17, 15) is 4.79 Å². The van der Waals surface area contributed by atoms with Crippen LogP contribution < -0.4 is 5.32 Å². The molecular formula is C24H21N7O. The highest BCUT2D eigenvalue weighted by Crippen LogP contribution is 2.24. The molecule has 0 aliphatic rings. The maximum absolute atomic E-state index is 12.7. The smallest absolute Gasteiger partial charge is 0.291 e. The highest BCUT2D eigenvalue weighted by Gasteiger charge is 2.15. The van der Waals surface area contributed by atoms with E-state index in [1.807, 2.05) is 48.1 Å². The Morgan fingerprint density at radius 3 is 2.62 bits per heavy atom. The van der Waals surface area contributed by atoms with Crippen LogP contribution in [0.3, 0.4) is 0 Å². The number of benzene rings is 2. The molecule has 0 fully saturated rings. The van der Waals surface area contributed by atoms with E-state index in [1.165, 1.54) is 5.56 Å². The van der Waals surface area contributed by atoms with Crippen molar-refractivity contribution in [3.63, 3.8) is 0 Å². The van der Waals surface area contributed by atoms with Crippen molar-refractivity contribution in [1.82, 2.24) is 34.7 Å². The minimum absolute atomic E-state index is 0.104. The highest BCUT2D eigenvalue weighted by atomic mass is 16.2. The Morgan fingerprint density at radius 2 is 1.84 bits per heavy atom. The van der Waals surface area contributed by atoms with Crippen molar-refractivity contribution >= 4 is 11.7 Å². The Kier molecular flexibility index (Phi) is 5.17. The van der Waals surface area contributed by atoms with E-state index in [2.05, 4.69) is 55.8 Å². The molecule has 32 heavy (non-hydrogen) atoms. The van der Waals surface area contributed by atoms with E-state index in [0.29, 0.717) is 12.3 Å². The average Bonchev–Trinajstić information content (AvgIpc) is 3.49. The second kappa shape index (κ2) is 8.43. The maximum atomic E-state index is 12.7. The van der Waals surface area contributed by atoms with Crippen molar-refractivity contribution in [3.8, 4) is 11.1 Å². The summed E-state index contributed by atoms with van der Waals surface area (Å²) in [6.07, 6.45) is 5.37. The summed E-state index contributed by atoms with van der Waals surface area (Å²) in [5.41, 5.74) is 5.20. The van der Waals surface area contributed by atoms with Gasteiger partial charge in [0.1, 0.15) is 0 Å². The summed E-state index contributed by atoms with van der Waals surface area (Å²) < 4.78 is 3.45. The first-order chi connectivity index (χ1) is 15.7. The van der Waals surface area contributed by atoms with Gasteiger partial charge in [0.25, 0.3) is 11.7 Å². The van der Waals surface area contributed by atoms with Gasteiger partial charge >= 0.3 is 0 Å². The Hall–Kier alpha value is -4.33. The number of fused-ring (bicyclic) bond motifs is 1. The van der Waals surface area contributed by atoms with Crippen LogP contribution >= 0.6 is 0 Å². The third-order valence-electron chi connectivity index (χ3n) is 5.26. The maximum Gasteiger partial charge on any atom is 0.291 e. The fourth-order valence-corrected chi connectivity index (χ4v) is 3.58. The molecule has 0 spiro atoms. The zero-order chi connectivity index (χ0) is 21.9. The SMILES string of the molecule is Cc1ccnc2nc(C(=O)NCc3ccccc3-c3ccc(Cn4cccn4)cc3)nn12. The van der Waals surface area contributed by atoms with Crippen LogP contribution in [-0.4, -0.2) is 35.3 Å². The number of aromatic nitrogens is 6. The van der Waals surface area contributed by atoms with Crippen LogP contribution in [-0.2, 0) is 13.1 Å². The zero-order valence-electron chi connectivity index (χ0n) is 17.5. The van der Waals surface area contributed by atoms with E-state index in [0.717, 1.165) is 28.9 Å². The lowest BCUT2D eigenvalue weighted by atomic mass is 9.98. The normalized spacial score (nSPS) is 11.0. The molecule has 3 aromatic heterocycles. The molecule has 1 amide bonds. The molecule has 0 saturated carbocycles. The highest BCUT2D eigenvalue weighted by molar-refractivity contribution is 5.90. The lowest BCUT2D eigenvalue weighted by molar-refractivity contribution is 0.0941. The standard InChI is InChI=1S/C24H21N7O/c1-17-11-13-25-24-28-22(29-31(17)24)23(32)26-15-20-5-2-3-6-21(20)19-9-7-18(8-10-19)16-30-14-4-12-27-30/h2-14H,15-16H2,1H3,(H,26,32). The van der Waals surface area contributed by atoms with Gasteiger partial charge in [0.15, 0.2) is 0 Å². The Labute approximate surface area is 184 Å². The van der Waals surface area contributed by atoms with Crippen molar-refractivity contribution in [2.24, 2.45) is 0 Å². The first-order valence-electron chi connectivity index (χ1n) is 10.3. The van der Waals surface area contributed by atoms with Gasteiger partial charge in [-0.15, -0.1) is 5.10 Å². The van der Waals surface area contributed by atoms with Gasteiger partial charge in [0, 0.05) is 30.8 Å². The minimum atomic E-state index is -0.334. The summed E-state index contributed by atoms with van der Waals surface area (Å²) in [6.45, 7) is 2.99. The third kappa shape index (κ3) is 3.98. The van der Waals surface area contributed by atoms with E-state index in [1.54, 1.807) is 16.9 Å². The molecule has 158 valence electrons. The van der Waals surface area contributed by atoms with E-state index in [-0.39, 0.29) is 11.7 Å². The first-order valence-corrected chi connectivity index (χ1v) is 10.3. The van der Waals surface area contributed by atoms with Gasteiger partial charge in [0.2, 0.25) is 5.82 Å². The molecule has 0 radical (unpaired) electrons. The number of amides is 1. The second-order valence-corrected chi connectivity index (χ2v) is 7.47. The summed E-state index contributed by atoms with van der Waals surface area (Å²) in [6, 6.07) is 20.2. The van der Waals surface area contributed by atoms with Gasteiger partial charge in [-0.3, -0.25) is 9.48 Å².